The van der Waals surface area contributed by atoms with Crippen molar-refractivity contribution in [3.05, 3.63) is 42.1 Å². The van der Waals surface area contributed by atoms with Gasteiger partial charge in [0, 0.05) is 12.4 Å². The number of aliphatic hydroxyl groups is 1. The summed E-state index contributed by atoms with van der Waals surface area (Å²) in [6.45, 7) is 1.64. The summed E-state index contributed by atoms with van der Waals surface area (Å²) >= 11 is 0. The highest BCUT2D eigenvalue weighted by Crippen LogP contribution is 2.10. The summed E-state index contributed by atoms with van der Waals surface area (Å²) in [6.07, 6.45) is 2.15. The molecule has 2 unspecified atom stereocenters. The highest BCUT2D eigenvalue weighted by molar-refractivity contribution is 5.94. The molecule has 1 amide bonds. The van der Waals surface area contributed by atoms with Crippen molar-refractivity contribution in [1.82, 2.24) is 15.1 Å². The number of nitrogens with zero attached hydrogens (tertiary/aromatic N) is 2. The van der Waals surface area contributed by atoms with Crippen LogP contribution in [-0.4, -0.2) is 44.0 Å². The molecule has 0 aliphatic carbocycles. The molecule has 0 aliphatic heterocycles. The second-order valence-corrected chi connectivity index (χ2v) is 4.50. The molecule has 2 heterocycles. The van der Waals surface area contributed by atoms with Crippen molar-refractivity contribution in [3.8, 4) is 0 Å². The number of carboxylic acid groups (broad SMARTS) is 1. The quantitative estimate of drug-likeness (QED) is 0.694. The topological polar surface area (TPSA) is 118 Å². The number of aliphatic carboxylic acids is 1. The fraction of sp³-hybridized carbons (Fsp3) is 0.308. The van der Waals surface area contributed by atoms with Gasteiger partial charge in [-0.25, -0.2) is 4.79 Å². The van der Waals surface area contributed by atoms with Gasteiger partial charge in [0.1, 0.15) is 5.76 Å². The molecule has 0 fully saturated rings. The van der Waals surface area contributed by atoms with E-state index >= 15 is 0 Å². The average molecular weight is 293 g/mol. The standard InChI is InChI=1S/C13H15N3O5/c1-8(17)11(13(19)20)15-12(18)10-4-3-9(21-10)7-16-6-2-5-14-16/h2-6,8,11,17H,7H2,1H3,(H,15,18)(H,19,20). The molecular formula is C13H15N3O5. The molecule has 0 radical (unpaired) electrons. The Bertz CT molecular complexity index is 618. The van der Waals surface area contributed by atoms with Gasteiger partial charge in [0.2, 0.25) is 0 Å². The van der Waals surface area contributed by atoms with Crippen LogP contribution in [0, 0.1) is 0 Å². The van der Waals surface area contributed by atoms with Gasteiger partial charge in [-0.05, 0) is 25.1 Å². The molecule has 21 heavy (non-hydrogen) atoms. The van der Waals surface area contributed by atoms with E-state index < -0.39 is 24.0 Å². The molecular weight excluding hydrogens is 278 g/mol. The van der Waals surface area contributed by atoms with Gasteiger partial charge in [-0.1, -0.05) is 0 Å². The van der Waals surface area contributed by atoms with Crippen molar-refractivity contribution in [3.63, 3.8) is 0 Å². The van der Waals surface area contributed by atoms with E-state index in [2.05, 4.69) is 10.4 Å². The molecule has 2 rings (SSSR count). The number of amides is 1. The summed E-state index contributed by atoms with van der Waals surface area (Å²) in [6, 6.07) is 3.41. The lowest BCUT2D eigenvalue weighted by Gasteiger charge is -2.15. The van der Waals surface area contributed by atoms with Crippen molar-refractivity contribution in [2.75, 3.05) is 0 Å². The van der Waals surface area contributed by atoms with E-state index in [1.54, 1.807) is 29.2 Å². The summed E-state index contributed by atoms with van der Waals surface area (Å²) in [5, 5.41) is 24.4. The molecule has 0 bridgehead atoms. The minimum atomic E-state index is -1.39. The number of carbonyl (C=O) groups is 2. The number of rotatable bonds is 6. The van der Waals surface area contributed by atoms with Gasteiger partial charge in [-0.2, -0.15) is 5.10 Å². The monoisotopic (exact) mass is 293 g/mol. The zero-order chi connectivity index (χ0) is 15.4. The third-order valence-electron chi connectivity index (χ3n) is 2.80. The zero-order valence-electron chi connectivity index (χ0n) is 11.3. The number of furan rings is 1. The minimum absolute atomic E-state index is 0.0240. The molecule has 0 saturated carbocycles. The van der Waals surface area contributed by atoms with Crippen LogP contribution in [0.2, 0.25) is 0 Å². The van der Waals surface area contributed by atoms with Gasteiger partial charge in [0.25, 0.3) is 5.91 Å². The number of hydrogen-bond acceptors (Lipinski definition) is 5. The number of carbonyl (C=O) groups excluding carboxylic acids is 1. The molecule has 112 valence electrons. The normalized spacial score (nSPS) is 13.6. The number of aromatic nitrogens is 2. The summed E-state index contributed by atoms with van der Waals surface area (Å²) in [5.74, 6) is -1.53. The zero-order valence-corrected chi connectivity index (χ0v) is 11.3. The smallest absolute Gasteiger partial charge is 0.328 e. The SMILES string of the molecule is CC(O)C(NC(=O)c1ccc(Cn2cccn2)o1)C(=O)O. The predicted octanol–water partition coefficient (Wildman–Crippen LogP) is 0.0882. The Morgan fingerprint density at radius 1 is 1.48 bits per heavy atom. The maximum absolute atomic E-state index is 11.9. The minimum Gasteiger partial charge on any atom is -0.480 e. The van der Waals surface area contributed by atoms with Crippen LogP contribution < -0.4 is 5.32 Å². The highest BCUT2D eigenvalue weighted by Gasteiger charge is 2.26. The van der Waals surface area contributed by atoms with E-state index in [1.807, 2.05) is 0 Å². The molecule has 0 saturated heterocycles. The van der Waals surface area contributed by atoms with Crippen LogP contribution in [0.5, 0.6) is 0 Å². The first-order valence-corrected chi connectivity index (χ1v) is 6.25. The number of hydrogen-bond donors (Lipinski definition) is 3. The van der Waals surface area contributed by atoms with Crippen LogP contribution >= 0.6 is 0 Å². The largest absolute Gasteiger partial charge is 0.480 e. The Morgan fingerprint density at radius 2 is 2.24 bits per heavy atom. The van der Waals surface area contributed by atoms with E-state index in [-0.39, 0.29) is 5.76 Å². The Kier molecular flexibility index (Phi) is 4.39. The van der Waals surface area contributed by atoms with Gasteiger partial charge in [-0.15, -0.1) is 0 Å². The van der Waals surface area contributed by atoms with Crippen LogP contribution in [-0.2, 0) is 11.3 Å². The number of carboxylic acids is 1. The van der Waals surface area contributed by atoms with Gasteiger partial charge in [0.05, 0.1) is 12.6 Å². The first-order valence-electron chi connectivity index (χ1n) is 6.25. The molecule has 0 spiro atoms. The summed E-state index contributed by atoms with van der Waals surface area (Å²) in [4.78, 5) is 22.8. The van der Waals surface area contributed by atoms with Gasteiger partial charge >= 0.3 is 5.97 Å². The lowest BCUT2D eigenvalue weighted by molar-refractivity contribution is -0.141. The molecule has 0 aromatic carbocycles. The first kappa shape index (κ1) is 14.8. The van der Waals surface area contributed by atoms with Crippen molar-refractivity contribution in [1.29, 1.82) is 0 Å². The van der Waals surface area contributed by atoms with E-state index in [9.17, 15) is 14.7 Å². The van der Waals surface area contributed by atoms with Crippen molar-refractivity contribution < 1.29 is 24.2 Å². The maximum Gasteiger partial charge on any atom is 0.328 e. The van der Waals surface area contributed by atoms with Crippen LogP contribution in [0.4, 0.5) is 0 Å². The molecule has 8 heteroatoms. The van der Waals surface area contributed by atoms with Crippen molar-refractivity contribution in [2.24, 2.45) is 0 Å². The van der Waals surface area contributed by atoms with E-state index in [1.165, 1.54) is 13.0 Å². The Morgan fingerprint density at radius 3 is 2.81 bits per heavy atom. The third-order valence-corrected chi connectivity index (χ3v) is 2.80. The van der Waals surface area contributed by atoms with Crippen LogP contribution in [0.3, 0.4) is 0 Å². The summed E-state index contributed by atoms with van der Waals surface area (Å²) < 4.78 is 6.95. The predicted molar refractivity (Wildman–Crippen MR) is 70.6 cm³/mol. The second kappa shape index (κ2) is 6.23. The number of aliphatic hydroxyl groups excluding tert-OH is 1. The molecule has 0 aliphatic rings. The summed E-state index contributed by atoms with van der Waals surface area (Å²) in [7, 11) is 0. The molecule has 3 N–H and O–H groups in total. The Labute approximate surface area is 120 Å². The summed E-state index contributed by atoms with van der Waals surface area (Å²) in [5.41, 5.74) is 0. The molecule has 2 aromatic heterocycles. The lowest BCUT2D eigenvalue weighted by Crippen LogP contribution is -2.47. The molecule has 2 aromatic rings. The van der Waals surface area contributed by atoms with Gasteiger partial charge in [0.15, 0.2) is 11.8 Å². The fourth-order valence-electron chi connectivity index (χ4n) is 1.74. The maximum atomic E-state index is 11.9. The highest BCUT2D eigenvalue weighted by atomic mass is 16.4. The van der Waals surface area contributed by atoms with Crippen molar-refractivity contribution in [2.45, 2.75) is 25.6 Å². The van der Waals surface area contributed by atoms with E-state index in [0.717, 1.165) is 0 Å². The molecule has 8 nitrogen and oxygen atoms in total. The average Bonchev–Trinajstić information content (AvgIpc) is 3.07. The van der Waals surface area contributed by atoms with E-state index in [0.29, 0.717) is 12.3 Å². The van der Waals surface area contributed by atoms with Gasteiger partial charge in [-0.3, -0.25) is 9.48 Å². The fourth-order valence-corrected chi connectivity index (χ4v) is 1.74. The van der Waals surface area contributed by atoms with Crippen LogP contribution in [0.1, 0.15) is 23.2 Å². The lowest BCUT2D eigenvalue weighted by atomic mass is 10.2. The van der Waals surface area contributed by atoms with Crippen molar-refractivity contribution >= 4 is 11.9 Å². The Balaban J connectivity index is 2.03. The first-order chi connectivity index (χ1) is 9.97. The van der Waals surface area contributed by atoms with Crippen LogP contribution in [0.25, 0.3) is 0 Å². The van der Waals surface area contributed by atoms with E-state index in [4.69, 9.17) is 9.52 Å². The molecule has 2 atom stereocenters. The number of nitrogens with one attached hydrogen (secondary N) is 1. The van der Waals surface area contributed by atoms with Crippen LogP contribution in [0.15, 0.2) is 35.0 Å². The Hall–Kier alpha value is -2.61. The van der Waals surface area contributed by atoms with Gasteiger partial charge < -0.3 is 19.9 Å². The second-order valence-electron chi connectivity index (χ2n) is 4.50. The third kappa shape index (κ3) is 3.69.